The van der Waals surface area contributed by atoms with Gasteiger partial charge in [0.25, 0.3) is 0 Å². The number of hydrogen-bond acceptors (Lipinski definition) is 2. The first-order valence-corrected chi connectivity index (χ1v) is 6.18. The summed E-state index contributed by atoms with van der Waals surface area (Å²) in [6.07, 6.45) is 13.0. The van der Waals surface area contributed by atoms with Crippen LogP contribution in [0.3, 0.4) is 0 Å². The minimum absolute atomic E-state index is 0.301. The molecule has 0 spiro atoms. The minimum atomic E-state index is -0.310. The molecule has 1 atom stereocenters. The number of pyridine rings is 1. The van der Waals surface area contributed by atoms with Crippen molar-refractivity contribution in [2.24, 2.45) is 5.73 Å². The fraction of sp³-hybridized carbons (Fsp3) is 0.333. The van der Waals surface area contributed by atoms with Crippen molar-refractivity contribution in [2.75, 3.05) is 0 Å². The molecule has 1 aromatic rings. The van der Waals surface area contributed by atoms with Crippen molar-refractivity contribution in [1.29, 1.82) is 0 Å². The van der Waals surface area contributed by atoms with Gasteiger partial charge in [-0.3, -0.25) is 9.78 Å². The number of nitrogens with zero attached hydrogens (tertiary/aromatic N) is 1. The Balaban J connectivity index is 2.79. The number of carbonyl (C=O) groups excluding carboxylic acids is 1. The zero-order valence-corrected chi connectivity index (χ0v) is 11.0. The van der Waals surface area contributed by atoms with Gasteiger partial charge >= 0.3 is 0 Å². The Labute approximate surface area is 108 Å². The molecule has 2 N–H and O–H groups in total. The van der Waals surface area contributed by atoms with Crippen molar-refractivity contribution in [1.82, 2.24) is 4.98 Å². The van der Waals surface area contributed by atoms with Crippen LogP contribution in [0.15, 0.2) is 42.8 Å². The van der Waals surface area contributed by atoms with E-state index in [4.69, 9.17) is 5.73 Å². The van der Waals surface area contributed by atoms with Gasteiger partial charge in [0, 0.05) is 12.4 Å². The quantitative estimate of drug-likeness (QED) is 0.782. The number of primary amides is 1. The molecule has 0 bridgehead atoms. The first-order chi connectivity index (χ1) is 8.66. The van der Waals surface area contributed by atoms with Gasteiger partial charge in [0.05, 0.1) is 5.92 Å². The van der Waals surface area contributed by atoms with E-state index < -0.39 is 0 Å². The Morgan fingerprint density at radius 2 is 2.17 bits per heavy atom. The summed E-state index contributed by atoms with van der Waals surface area (Å²) in [6.45, 7) is 4.04. The molecule has 1 unspecified atom stereocenters. The summed E-state index contributed by atoms with van der Waals surface area (Å²) in [5.74, 6) is -0.611. The molecule has 0 fully saturated rings. The first kappa shape index (κ1) is 14.2. The zero-order valence-electron chi connectivity index (χ0n) is 11.0. The Kier molecular flexibility index (Phi) is 5.85. The van der Waals surface area contributed by atoms with Gasteiger partial charge in [-0.05, 0) is 37.0 Å². The minimum Gasteiger partial charge on any atom is -0.369 e. The van der Waals surface area contributed by atoms with Crippen LogP contribution in [0, 0.1) is 6.92 Å². The van der Waals surface area contributed by atoms with Crippen molar-refractivity contribution >= 4 is 5.91 Å². The molecule has 3 heteroatoms. The SMILES string of the molecule is CCC=CC=CCC(C(N)=O)c1cnccc1C. The molecule has 1 aromatic heterocycles. The van der Waals surface area contributed by atoms with Gasteiger partial charge in [0.15, 0.2) is 0 Å². The zero-order chi connectivity index (χ0) is 13.4. The van der Waals surface area contributed by atoms with E-state index in [9.17, 15) is 4.79 Å². The second-order valence-corrected chi connectivity index (χ2v) is 4.19. The van der Waals surface area contributed by atoms with Crippen LogP contribution >= 0.6 is 0 Å². The third kappa shape index (κ3) is 4.17. The molecule has 1 rings (SSSR count). The number of allylic oxidation sites excluding steroid dienone is 4. The van der Waals surface area contributed by atoms with E-state index in [-0.39, 0.29) is 11.8 Å². The second kappa shape index (κ2) is 7.43. The largest absolute Gasteiger partial charge is 0.369 e. The summed E-state index contributed by atoms with van der Waals surface area (Å²) in [4.78, 5) is 15.6. The highest BCUT2D eigenvalue weighted by Gasteiger charge is 2.18. The molecular weight excluding hydrogens is 224 g/mol. The lowest BCUT2D eigenvalue weighted by molar-refractivity contribution is -0.119. The highest BCUT2D eigenvalue weighted by molar-refractivity contribution is 5.82. The van der Waals surface area contributed by atoms with E-state index in [0.29, 0.717) is 6.42 Å². The van der Waals surface area contributed by atoms with Crippen LogP contribution in [-0.4, -0.2) is 10.9 Å². The maximum absolute atomic E-state index is 11.5. The van der Waals surface area contributed by atoms with Gasteiger partial charge in [-0.2, -0.15) is 0 Å². The lowest BCUT2D eigenvalue weighted by Gasteiger charge is -2.13. The molecule has 0 aromatic carbocycles. The highest BCUT2D eigenvalue weighted by Crippen LogP contribution is 2.22. The molecule has 3 nitrogen and oxygen atoms in total. The van der Waals surface area contributed by atoms with Gasteiger partial charge in [0.2, 0.25) is 5.91 Å². The van der Waals surface area contributed by atoms with E-state index in [1.165, 1.54) is 0 Å². The fourth-order valence-electron chi connectivity index (χ4n) is 1.75. The maximum Gasteiger partial charge on any atom is 0.225 e. The summed E-state index contributed by atoms with van der Waals surface area (Å²) in [6, 6.07) is 1.89. The summed E-state index contributed by atoms with van der Waals surface area (Å²) in [5.41, 5.74) is 7.42. The number of carbonyl (C=O) groups is 1. The Morgan fingerprint density at radius 3 is 2.78 bits per heavy atom. The molecule has 0 saturated carbocycles. The van der Waals surface area contributed by atoms with Crippen LogP contribution in [-0.2, 0) is 4.79 Å². The van der Waals surface area contributed by atoms with E-state index in [1.807, 2.05) is 31.2 Å². The Bertz CT molecular complexity index is 450. The van der Waals surface area contributed by atoms with Crippen molar-refractivity contribution in [3.05, 3.63) is 53.9 Å². The van der Waals surface area contributed by atoms with Crippen molar-refractivity contribution in [3.63, 3.8) is 0 Å². The van der Waals surface area contributed by atoms with E-state index >= 15 is 0 Å². The van der Waals surface area contributed by atoms with Gasteiger partial charge in [-0.1, -0.05) is 31.2 Å². The fourth-order valence-corrected chi connectivity index (χ4v) is 1.75. The average Bonchev–Trinajstić information content (AvgIpc) is 2.35. The van der Waals surface area contributed by atoms with Crippen molar-refractivity contribution < 1.29 is 4.79 Å². The predicted octanol–water partition coefficient (Wildman–Crippen LogP) is 2.87. The number of nitrogens with two attached hydrogens (primary N) is 1. The predicted molar refractivity (Wildman–Crippen MR) is 74.1 cm³/mol. The summed E-state index contributed by atoms with van der Waals surface area (Å²) >= 11 is 0. The number of rotatable bonds is 6. The smallest absolute Gasteiger partial charge is 0.225 e. The van der Waals surface area contributed by atoms with Gasteiger partial charge < -0.3 is 5.73 Å². The van der Waals surface area contributed by atoms with Crippen LogP contribution in [0.5, 0.6) is 0 Å². The van der Waals surface area contributed by atoms with Gasteiger partial charge in [-0.15, -0.1) is 0 Å². The number of aryl methyl sites for hydroxylation is 1. The van der Waals surface area contributed by atoms with Gasteiger partial charge in [0.1, 0.15) is 0 Å². The summed E-state index contributed by atoms with van der Waals surface area (Å²) < 4.78 is 0. The van der Waals surface area contributed by atoms with E-state index in [2.05, 4.69) is 18.0 Å². The standard InChI is InChI=1S/C15H20N2O/c1-3-4-5-6-7-8-13(15(16)18)14-11-17-10-9-12(14)2/h4-7,9-11,13H,3,8H2,1-2H3,(H2,16,18). The highest BCUT2D eigenvalue weighted by atomic mass is 16.1. The molecule has 0 aliphatic heterocycles. The van der Waals surface area contributed by atoms with Crippen LogP contribution in [0.1, 0.15) is 36.8 Å². The van der Waals surface area contributed by atoms with Crippen LogP contribution in [0.4, 0.5) is 0 Å². The Hall–Kier alpha value is -1.90. The third-order valence-electron chi connectivity index (χ3n) is 2.79. The second-order valence-electron chi connectivity index (χ2n) is 4.19. The maximum atomic E-state index is 11.5. The van der Waals surface area contributed by atoms with Crippen molar-refractivity contribution in [3.8, 4) is 0 Å². The number of amides is 1. The molecule has 0 radical (unpaired) electrons. The lowest BCUT2D eigenvalue weighted by atomic mass is 9.93. The van der Waals surface area contributed by atoms with E-state index in [1.54, 1.807) is 12.4 Å². The monoisotopic (exact) mass is 244 g/mol. The third-order valence-corrected chi connectivity index (χ3v) is 2.79. The molecule has 0 saturated heterocycles. The first-order valence-electron chi connectivity index (χ1n) is 6.18. The number of hydrogen-bond donors (Lipinski definition) is 1. The topological polar surface area (TPSA) is 56.0 Å². The Morgan fingerprint density at radius 1 is 1.44 bits per heavy atom. The van der Waals surface area contributed by atoms with Crippen LogP contribution < -0.4 is 5.73 Å². The molecule has 18 heavy (non-hydrogen) atoms. The summed E-state index contributed by atoms with van der Waals surface area (Å²) in [7, 11) is 0. The summed E-state index contributed by atoms with van der Waals surface area (Å²) in [5, 5.41) is 0. The molecule has 0 aliphatic carbocycles. The number of aromatic nitrogens is 1. The molecule has 96 valence electrons. The van der Waals surface area contributed by atoms with Crippen molar-refractivity contribution in [2.45, 2.75) is 32.6 Å². The van der Waals surface area contributed by atoms with Crippen LogP contribution in [0.25, 0.3) is 0 Å². The lowest BCUT2D eigenvalue weighted by Crippen LogP contribution is -2.21. The molecular formula is C15H20N2O. The normalized spacial score (nSPS) is 13.2. The molecule has 0 aliphatic rings. The molecule has 1 amide bonds. The van der Waals surface area contributed by atoms with E-state index in [0.717, 1.165) is 17.5 Å². The van der Waals surface area contributed by atoms with Crippen LogP contribution in [0.2, 0.25) is 0 Å². The molecule has 1 heterocycles. The van der Waals surface area contributed by atoms with Gasteiger partial charge in [-0.25, -0.2) is 0 Å². The average molecular weight is 244 g/mol.